The average Bonchev–Trinajstić information content (AvgIpc) is 2.48. The molecule has 0 aliphatic carbocycles. The lowest BCUT2D eigenvalue weighted by molar-refractivity contribution is 0.0992. The van der Waals surface area contributed by atoms with E-state index in [0.29, 0.717) is 6.42 Å². The highest BCUT2D eigenvalue weighted by molar-refractivity contribution is 5.98. The Morgan fingerprint density at radius 2 is 1.70 bits per heavy atom. The fraction of sp³-hybridized carbons (Fsp3) is 0.235. The molecule has 0 radical (unpaired) electrons. The number of Topliss-reactive ketones (excluding diaryl/α,β-unsaturated/α-hetero) is 1. The van der Waals surface area contributed by atoms with Crippen molar-refractivity contribution in [2.45, 2.75) is 6.42 Å². The van der Waals surface area contributed by atoms with Crippen LogP contribution in [0.3, 0.4) is 0 Å². The molecular formula is C17H19NO2. The Balaban J connectivity index is 2.15. The summed E-state index contributed by atoms with van der Waals surface area (Å²) >= 11 is 0. The van der Waals surface area contributed by atoms with Gasteiger partial charge in [0.15, 0.2) is 5.78 Å². The summed E-state index contributed by atoms with van der Waals surface area (Å²) in [5.74, 6) is 0.852. The van der Waals surface area contributed by atoms with Gasteiger partial charge in [0.1, 0.15) is 5.75 Å². The third-order valence-electron chi connectivity index (χ3n) is 3.25. The number of benzene rings is 2. The van der Waals surface area contributed by atoms with Gasteiger partial charge in [-0.1, -0.05) is 18.2 Å². The monoisotopic (exact) mass is 269 g/mol. The molecule has 2 rings (SSSR count). The molecule has 0 aromatic heterocycles. The van der Waals surface area contributed by atoms with E-state index < -0.39 is 0 Å². The summed E-state index contributed by atoms with van der Waals surface area (Å²) in [6, 6.07) is 15.3. The lowest BCUT2D eigenvalue weighted by Crippen LogP contribution is -2.09. The molecular weight excluding hydrogens is 250 g/mol. The highest BCUT2D eigenvalue weighted by Gasteiger charge is 2.10. The maximum Gasteiger partial charge on any atom is 0.167 e. The molecule has 0 fully saturated rings. The van der Waals surface area contributed by atoms with E-state index in [1.165, 1.54) is 0 Å². The minimum atomic E-state index is 0.0970. The van der Waals surface area contributed by atoms with Crippen LogP contribution in [0.4, 0.5) is 5.69 Å². The molecule has 2 aromatic carbocycles. The predicted octanol–water partition coefficient (Wildman–Crippen LogP) is 3.19. The molecule has 2 aromatic rings. The van der Waals surface area contributed by atoms with E-state index in [0.717, 1.165) is 22.6 Å². The molecule has 0 amide bonds. The van der Waals surface area contributed by atoms with Gasteiger partial charge in [-0.15, -0.1) is 0 Å². The Morgan fingerprint density at radius 1 is 1.05 bits per heavy atom. The summed E-state index contributed by atoms with van der Waals surface area (Å²) in [7, 11) is 5.58. The predicted molar refractivity (Wildman–Crippen MR) is 81.8 cm³/mol. The van der Waals surface area contributed by atoms with Crippen molar-refractivity contribution in [1.82, 2.24) is 0 Å². The Labute approximate surface area is 119 Å². The first-order chi connectivity index (χ1) is 9.61. The van der Waals surface area contributed by atoms with Crippen LogP contribution in [-0.2, 0) is 6.42 Å². The van der Waals surface area contributed by atoms with Crippen LogP contribution in [0, 0.1) is 0 Å². The second-order valence-corrected chi connectivity index (χ2v) is 4.85. The summed E-state index contributed by atoms with van der Waals surface area (Å²) < 4.78 is 5.27. The Kier molecular flexibility index (Phi) is 4.41. The smallest absolute Gasteiger partial charge is 0.167 e. The summed E-state index contributed by atoms with van der Waals surface area (Å²) in [6.07, 6.45) is 0.353. The first-order valence-corrected chi connectivity index (χ1v) is 6.54. The first-order valence-electron chi connectivity index (χ1n) is 6.54. The Bertz CT molecular complexity index is 588. The summed E-state index contributed by atoms with van der Waals surface area (Å²) in [6.45, 7) is 0. The molecule has 20 heavy (non-hydrogen) atoms. The minimum Gasteiger partial charge on any atom is -0.496 e. The second-order valence-electron chi connectivity index (χ2n) is 4.85. The second kappa shape index (κ2) is 6.24. The van der Waals surface area contributed by atoms with E-state index in [1.54, 1.807) is 7.11 Å². The summed E-state index contributed by atoms with van der Waals surface area (Å²) in [4.78, 5) is 14.3. The van der Waals surface area contributed by atoms with Crippen LogP contribution in [0.5, 0.6) is 5.75 Å². The van der Waals surface area contributed by atoms with Crippen LogP contribution in [-0.4, -0.2) is 27.0 Å². The number of anilines is 1. The van der Waals surface area contributed by atoms with Crippen molar-refractivity contribution < 1.29 is 9.53 Å². The van der Waals surface area contributed by atoms with E-state index in [4.69, 9.17) is 4.74 Å². The van der Waals surface area contributed by atoms with Crippen molar-refractivity contribution in [3.8, 4) is 5.75 Å². The van der Waals surface area contributed by atoms with Gasteiger partial charge in [0.05, 0.1) is 7.11 Å². The van der Waals surface area contributed by atoms with E-state index in [2.05, 4.69) is 0 Å². The number of carbonyl (C=O) groups is 1. The molecule has 0 spiro atoms. The average molecular weight is 269 g/mol. The number of nitrogens with zero attached hydrogens (tertiary/aromatic N) is 1. The van der Waals surface area contributed by atoms with Gasteiger partial charge in [-0.3, -0.25) is 4.79 Å². The third kappa shape index (κ3) is 3.18. The number of ether oxygens (including phenoxy) is 1. The fourth-order valence-corrected chi connectivity index (χ4v) is 2.07. The lowest BCUT2D eigenvalue weighted by atomic mass is 10.0. The molecule has 0 atom stereocenters. The standard InChI is InChI=1S/C17H19NO2/c1-18(2)15-10-8-13(9-11-15)16(19)12-14-6-4-5-7-17(14)20-3/h4-11H,12H2,1-3H3. The van der Waals surface area contributed by atoms with Crippen molar-refractivity contribution >= 4 is 11.5 Å². The number of ketones is 1. The van der Waals surface area contributed by atoms with Crippen LogP contribution in [0.25, 0.3) is 0 Å². The normalized spacial score (nSPS) is 10.2. The molecule has 0 unspecified atom stereocenters. The maximum atomic E-state index is 12.3. The molecule has 3 heteroatoms. The van der Waals surface area contributed by atoms with E-state index in [-0.39, 0.29) is 5.78 Å². The van der Waals surface area contributed by atoms with Gasteiger partial charge in [-0.2, -0.15) is 0 Å². The number of hydrogen-bond donors (Lipinski definition) is 0. The van der Waals surface area contributed by atoms with Crippen LogP contribution < -0.4 is 9.64 Å². The molecule has 0 saturated carbocycles. The summed E-state index contributed by atoms with van der Waals surface area (Å²) in [5.41, 5.74) is 2.72. The Morgan fingerprint density at radius 3 is 2.30 bits per heavy atom. The zero-order valence-electron chi connectivity index (χ0n) is 12.1. The highest BCUT2D eigenvalue weighted by atomic mass is 16.5. The minimum absolute atomic E-state index is 0.0970. The van der Waals surface area contributed by atoms with Crippen LogP contribution >= 0.6 is 0 Å². The zero-order chi connectivity index (χ0) is 14.5. The zero-order valence-corrected chi connectivity index (χ0v) is 12.1. The van der Waals surface area contributed by atoms with Crippen molar-refractivity contribution in [2.75, 3.05) is 26.1 Å². The van der Waals surface area contributed by atoms with E-state index >= 15 is 0 Å². The number of rotatable bonds is 5. The van der Waals surface area contributed by atoms with Crippen molar-refractivity contribution in [3.63, 3.8) is 0 Å². The molecule has 0 N–H and O–H groups in total. The summed E-state index contributed by atoms with van der Waals surface area (Å²) in [5, 5.41) is 0. The van der Waals surface area contributed by atoms with Crippen LogP contribution in [0.2, 0.25) is 0 Å². The molecule has 0 bridgehead atoms. The van der Waals surface area contributed by atoms with Crippen molar-refractivity contribution in [3.05, 3.63) is 59.7 Å². The number of para-hydroxylation sites is 1. The van der Waals surface area contributed by atoms with Crippen LogP contribution in [0.15, 0.2) is 48.5 Å². The van der Waals surface area contributed by atoms with Crippen molar-refractivity contribution in [1.29, 1.82) is 0 Å². The van der Waals surface area contributed by atoms with Gasteiger partial charge in [-0.05, 0) is 30.3 Å². The van der Waals surface area contributed by atoms with Crippen LogP contribution in [0.1, 0.15) is 15.9 Å². The molecule has 3 nitrogen and oxygen atoms in total. The fourth-order valence-electron chi connectivity index (χ4n) is 2.07. The van der Waals surface area contributed by atoms with Gasteiger partial charge in [0.25, 0.3) is 0 Å². The van der Waals surface area contributed by atoms with Crippen molar-refractivity contribution in [2.24, 2.45) is 0 Å². The SMILES string of the molecule is COc1ccccc1CC(=O)c1ccc(N(C)C)cc1. The maximum absolute atomic E-state index is 12.3. The van der Waals surface area contributed by atoms with Gasteiger partial charge >= 0.3 is 0 Å². The van der Waals surface area contributed by atoms with Gasteiger partial charge in [0.2, 0.25) is 0 Å². The van der Waals surface area contributed by atoms with Gasteiger partial charge < -0.3 is 9.64 Å². The van der Waals surface area contributed by atoms with Gasteiger partial charge in [-0.25, -0.2) is 0 Å². The molecule has 104 valence electrons. The molecule has 0 saturated heterocycles. The molecule has 0 heterocycles. The lowest BCUT2D eigenvalue weighted by Gasteiger charge is -2.12. The largest absolute Gasteiger partial charge is 0.496 e. The topological polar surface area (TPSA) is 29.5 Å². The number of hydrogen-bond acceptors (Lipinski definition) is 3. The number of carbonyl (C=O) groups excluding carboxylic acids is 1. The first kappa shape index (κ1) is 14.1. The van der Waals surface area contributed by atoms with E-state index in [1.807, 2.05) is 67.5 Å². The van der Waals surface area contributed by atoms with E-state index in [9.17, 15) is 4.79 Å². The Hall–Kier alpha value is -2.29. The number of methoxy groups -OCH3 is 1. The van der Waals surface area contributed by atoms with Gasteiger partial charge in [0, 0.05) is 37.3 Å². The quantitative estimate of drug-likeness (QED) is 0.781. The molecule has 0 aliphatic heterocycles. The third-order valence-corrected chi connectivity index (χ3v) is 3.25. The highest BCUT2D eigenvalue weighted by Crippen LogP contribution is 2.20. The molecule has 0 aliphatic rings.